The molecular formula is C10H14N2O2. The van der Waals surface area contributed by atoms with Crippen LogP contribution in [0.15, 0.2) is 24.4 Å². The van der Waals surface area contributed by atoms with Gasteiger partial charge in [0.25, 0.3) is 5.69 Å². The zero-order valence-corrected chi connectivity index (χ0v) is 8.57. The van der Waals surface area contributed by atoms with Gasteiger partial charge in [0, 0.05) is 17.7 Å². The van der Waals surface area contributed by atoms with E-state index in [2.05, 4.69) is 5.32 Å². The van der Waals surface area contributed by atoms with Crippen LogP contribution in [-0.2, 0) is 0 Å². The molecule has 0 aliphatic heterocycles. The van der Waals surface area contributed by atoms with Gasteiger partial charge >= 0.3 is 5.91 Å². The second-order valence-corrected chi connectivity index (χ2v) is 4.12. The summed E-state index contributed by atoms with van der Waals surface area (Å²) in [6.45, 7) is 5.59. The third kappa shape index (κ3) is 2.73. The molecule has 0 atom stereocenters. The van der Waals surface area contributed by atoms with E-state index in [-0.39, 0.29) is 17.1 Å². The summed E-state index contributed by atoms with van der Waals surface area (Å²) < 4.78 is 0.557. The summed E-state index contributed by atoms with van der Waals surface area (Å²) in [7, 11) is 0. The predicted molar refractivity (Wildman–Crippen MR) is 52.6 cm³/mol. The summed E-state index contributed by atoms with van der Waals surface area (Å²) in [6.07, 6.45) is 1.30. The number of hydrogen-bond acceptors (Lipinski definition) is 2. The zero-order valence-electron chi connectivity index (χ0n) is 8.57. The molecule has 1 amide bonds. The highest BCUT2D eigenvalue weighted by atomic mass is 16.5. The lowest BCUT2D eigenvalue weighted by Gasteiger charge is -2.19. The Balaban J connectivity index is 2.86. The summed E-state index contributed by atoms with van der Waals surface area (Å²) in [6, 6.07) is 4.74. The molecule has 0 spiro atoms. The predicted octanol–water partition coefficient (Wildman–Crippen LogP) is 0.848. The van der Waals surface area contributed by atoms with Crippen molar-refractivity contribution in [1.82, 2.24) is 5.32 Å². The van der Waals surface area contributed by atoms with Crippen molar-refractivity contribution < 1.29 is 9.52 Å². The summed E-state index contributed by atoms with van der Waals surface area (Å²) >= 11 is 0. The van der Waals surface area contributed by atoms with Crippen molar-refractivity contribution in [2.45, 2.75) is 26.3 Å². The lowest BCUT2D eigenvalue weighted by Crippen LogP contribution is -2.46. The second-order valence-electron chi connectivity index (χ2n) is 4.12. The van der Waals surface area contributed by atoms with Crippen molar-refractivity contribution in [2.24, 2.45) is 0 Å². The smallest absolute Gasteiger partial charge is 0.317 e. The van der Waals surface area contributed by atoms with Crippen LogP contribution in [0, 0.1) is 5.21 Å². The normalized spacial score (nSPS) is 11.1. The van der Waals surface area contributed by atoms with Crippen molar-refractivity contribution in [3.05, 3.63) is 35.3 Å². The van der Waals surface area contributed by atoms with E-state index in [1.807, 2.05) is 20.8 Å². The molecule has 1 N–H and O–H groups in total. The Morgan fingerprint density at radius 1 is 1.43 bits per heavy atom. The molecule has 4 nitrogen and oxygen atoms in total. The molecule has 0 bridgehead atoms. The van der Waals surface area contributed by atoms with Gasteiger partial charge in [-0.05, 0) is 26.8 Å². The van der Waals surface area contributed by atoms with Crippen LogP contribution in [-0.4, -0.2) is 11.4 Å². The molecule has 1 heterocycles. The fourth-order valence-corrected chi connectivity index (χ4v) is 1.01. The quantitative estimate of drug-likeness (QED) is 0.532. The van der Waals surface area contributed by atoms with Gasteiger partial charge in [0.2, 0.25) is 0 Å². The van der Waals surface area contributed by atoms with Crippen LogP contribution in [0.5, 0.6) is 0 Å². The Kier molecular flexibility index (Phi) is 2.74. The van der Waals surface area contributed by atoms with Gasteiger partial charge < -0.3 is 10.5 Å². The average molecular weight is 194 g/mol. The highest BCUT2D eigenvalue weighted by Crippen LogP contribution is 2.00. The minimum Gasteiger partial charge on any atom is -0.618 e. The highest BCUT2D eigenvalue weighted by molar-refractivity contribution is 5.91. The number of hydrogen-bond donors (Lipinski definition) is 1. The Morgan fingerprint density at radius 3 is 2.57 bits per heavy atom. The molecule has 4 heteroatoms. The summed E-state index contributed by atoms with van der Waals surface area (Å²) in [5.41, 5.74) is -0.220. The maximum absolute atomic E-state index is 11.5. The van der Waals surface area contributed by atoms with Crippen LogP contribution >= 0.6 is 0 Å². The topological polar surface area (TPSA) is 56.0 Å². The number of carbonyl (C=O) groups excluding carboxylic acids is 1. The van der Waals surface area contributed by atoms with E-state index in [9.17, 15) is 10.0 Å². The van der Waals surface area contributed by atoms with E-state index in [1.165, 1.54) is 12.3 Å². The Morgan fingerprint density at radius 2 is 2.07 bits per heavy atom. The number of aromatic nitrogens is 1. The lowest BCUT2D eigenvalue weighted by atomic mass is 10.1. The molecule has 1 aromatic heterocycles. The third-order valence-electron chi connectivity index (χ3n) is 1.55. The number of nitrogens with one attached hydrogen (secondary N) is 1. The molecular weight excluding hydrogens is 180 g/mol. The van der Waals surface area contributed by atoms with Crippen LogP contribution < -0.4 is 10.0 Å². The SMILES string of the molecule is CC(C)(C)NC(=O)c1cccc[n+]1[O-]. The van der Waals surface area contributed by atoms with Gasteiger partial charge in [0.05, 0.1) is 0 Å². The van der Waals surface area contributed by atoms with Gasteiger partial charge in [-0.25, -0.2) is 0 Å². The molecule has 0 saturated heterocycles. The molecule has 0 saturated carbocycles. The van der Waals surface area contributed by atoms with Crippen molar-refractivity contribution in [1.29, 1.82) is 0 Å². The van der Waals surface area contributed by atoms with Crippen molar-refractivity contribution >= 4 is 5.91 Å². The molecule has 0 aromatic carbocycles. The molecule has 14 heavy (non-hydrogen) atoms. The maximum atomic E-state index is 11.5. The first-order chi connectivity index (χ1) is 6.40. The van der Waals surface area contributed by atoms with Gasteiger partial charge in [0.15, 0.2) is 6.20 Å². The maximum Gasteiger partial charge on any atom is 0.317 e. The molecule has 0 aliphatic rings. The average Bonchev–Trinajstić information content (AvgIpc) is 2.01. The molecule has 0 unspecified atom stereocenters. The van der Waals surface area contributed by atoms with Crippen LogP contribution in [0.3, 0.4) is 0 Å². The van der Waals surface area contributed by atoms with Gasteiger partial charge in [-0.3, -0.25) is 4.79 Å². The van der Waals surface area contributed by atoms with Crippen LogP contribution in [0.25, 0.3) is 0 Å². The summed E-state index contributed by atoms with van der Waals surface area (Å²) in [5, 5.41) is 13.9. The standard InChI is InChI=1S/C10H14N2O2/c1-10(2,3)11-9(13)8-6-4-5-7-12(8)14/h4-7H,1-3H3,(H,11,13). The fraction of sp³-hybridized carbons (Fsp3) is 0.400. The monoisotopic (exact) mass is 194 g/mol. The zero-order chi connectivity index (χ0) is 10.8. The van der Waals surface area contributed by atoms with Gasteiger partial charge in [0.1, 0.15) is 0 Å². The van der Waals surface area contributed by atoms with Crippen LogP contribution in [0.4, 0.5) is 0 Å². The fourth-order valence-electron chi connectivity index (χ4n) is 1.01. The molecule has 1 aromatic rings. The van der Waals surface area contributed by atoms with Crippen molar-refractivity contribution in [3.8, 4) is 0 Å². The number of amides is 1. The molecule has 0 radical (unpaired) electrons. The van der Waals surface area contributed by atoms with E-state index in [0.717, 1.165) is 0 Å². The van der Waals surface area contributed by atoms with E-state index in [4.69, 9.17) is 0 Å². The van der Waals surface area contributed by atoms with E-state index in [1.54, 1.807) is 12.1 Å². The lowest BCUT2D eigenvalue weighted by molar-refractivity contribution is -0.607. The van der Waals surface area contributed by atoms with Crippen LogP contribution in [0.2, 0.25) is 0 Å². The Bertz CT molecular complexity index is 342. The first-order valence-corrected chi connectivity index (χ1v) is 4.41. The third-order valence-corrected chi connectivity index (χ3v) is 1.55. The van der Waals surface area contributed by atoms with Gasteiger partial charge in [-0.2, -0.15) is 4.73 Å². The van der Waals surface area contributed by atoms with Crippen molar-refractivity contribution in [3.63, 3.8) is 0 Å². The van der Waals surface area contributed by atoms with E-state index >= 15 is 0 Å². The number of nitrogens with zero attached hydrogens (tertiary/aromatic N) is 1. The van der Waals surface area contributed by atoms with E-state index in [0.29, 0.717) is 4.73 Å². The second kappa shape index (κ2) is 3.65. The summed E-state index contributed by atoms with van der Waals surface area (Å²) in [5.74, 6) is -0.354. The molecule has 1 rings (SSSR count). The highest BCUT2D eigenvalue weighted by Gasteiger charge is 2.20. The molecule has 0 fully saturated rings. The number of pyridine rings is 1. The van der Waals surface area contributed by atoms with Crippen molar-refractivity contribution in [2.75, 3.05) is 0 Å². The molecule has 76 valence electrons. The molecule has 0 aliphatic carbocycles. The summed E-state index contributed by atoms with van der Waals surface area (Å²) in [4.78, 5) is 11.5. The van der Waals surface area contributed by atoms with Crippen LogP contribution in [0.1, 0.15) is 31.3 Å². The van der Waals surface area contributed by atoms with Gasteiger partial charge in [-0.15, -0.1) is 0 Å². The number of carbonyl (C=O) groups is 1. The first kappa shape index (κ1) is 10.5. The number of rotatable bonds is 1. The largest absolute Gasteiger partial charge is 0.618 e. The minimum absolute atomic E-state index is 0.113. The van der Waals surface area contributed by atoms with E-state index < -0.39 is 0 Å². The Hall–Kier alpha value is -1.58. The minimum atomic E-state index is -0.354. The Labute approximate surface area is 83.1 Å². The first-order valence-electron chi connectivity index (χ1n) is 4.41. The van der Waals surface area contributed by atoms with Gasteiger partial charge in [-0.1, -0.05) is 0 Å².